The molecule has 192 valence electrons. The van der Waals surface area contributed by atoms with E-state index in [2.05, 4.69) is 53.0 Å². The van der Waals surface area contributed by atoms with Crippen LogP contribution in [0, 0.1) is 26.7 Å². The third-order valence-corrected chi connectivity index (χ3v) is 7.57. The van der Waals surface area contributed by atoms with Gasteiger partial charge in [0.25, 0.3) is 0 Å². The SMILES string of the molecule is Cc1cc(C)c(-c2ccc(-n3nnc(-c4ccc(S(=O)(=O)N[C@@H](C(=O)O)C(C)C)cc4)n3)cc2)c(C)c1. The zero-order chi connectivity index (χ0) is 26.9. The molecule has 10 heteroatoms. The van der Waals surface area contributed by atoms with Gasteiger partial charge in [-0.25, -0.2) is 8.42 Å². The molecule has 9 nitrogen and oxygen atoms in total. The number of carboxylic acid groups (broad SMARTS) is 1. The van der Waals surface area contributed by atoms with Gasteiger partial charge in [0.1, 0.15) is 6.04 Å². The Kier molecular flexibility index (Phi) is 7.24. The predicted octanol–water partition coefficient (Wildman–Crippen LogP) is 4.31. The van der Waals surface area contributed by atoms with Gasteiger partial charge in [0.15, 0.2) is 0 Å². The van der Waals surface area contributed by atoms with Crippen LogP contribution in [0.1, 0.15) is 30.5 Å². The van der Waals surface area contributed by atoms with Crippen LogP contribution in [0.25, 0.3) is 28.2 Å². The number of hydrogen-bond donors (Lipinski definition) is 2. The molecule has 0 aliphatic carbocycles. The zero-order valence-electron chi connectivity index (χ0n) is 21.3. The second-order valence-corrected chi connectivity index (χ2v) is 11.1. The van der Waals surface area contributed by atoms with E-state index in [4.69, 9.17) is 0 Å². The Labute approximate surface area is 216 Å². The molecule has 3 aromatic carbocycles. The number of carboxylic acids is 1. The van der Waals surface area contributed by atoms with Gasteiger partial charge in [-0.2, -0.15) is 4.72 Å². The van der Waals surface area contributed by atoms with Crippen LogP contribution >= 0.6 is 0 Å². The molecule has 1 heterocycles. The number of aromatic nitrogens is 4. The minimum atomic E-state index is -4.01. The van der Waals surface area contributed by atoms with Gasteiger partial charge in [0, 0.05) is 5.56 Å². The molecule has 4 rings (SSSR count). The molecule has 0 aliphatic heterocycles. The smallest absolute Gasteiger partial charge is 0.322 e. The van der Waals surface area contributed by atoms with E-state index in [0.717, 1.165) is 11.3 Å². The number of aryl methyl sites for hydroxylation is 3. The summed E-state index contributed by atoms with van der Waals surface area (Å²) >= 11 is 0. The van der Waals surface area contributed by atoms with Crippen LogP contribution in [0.4, 0.5) is 0 Å². The van der Waals surface area contributed by atoms with E-state index in [-0.39, 0.29) is 4.90 Å². The Morgan fingerprint density at radius 1 is 0.919 bits per heavy atom. The maximum Gasteiger partial charge on any atom is 0.322 e. The van der Waals surface area contributed by atoms with Crippen molar-refractivity contribution in [3.05, 3.63) is 77.4 Å². The molecule has 0 fully saturated rings. The maximum atomic E-state index is 12.7. The number of nitrogens with one attached hydrogen (secondary N) is 1. The first-order valence-electron chi connectivity index (χ1n) is 11.8. The summed E-state index contributed by atoms with van der Waals surface area (Å²) < 4.78 is 27.6. The van der Waals surface area contributed by atoms with Crippen molar-refractivity contribution in [3.63, 3.8) is 0 Å². The molecule has 0 amide bonds. The summed E-state index contributed by atoms with van der Waals surface area (Å²) in [6, 6.07) is 16.9. The Hall–Kier alpha value is -3.89. The maximum absolute atomic E-state index is 12.7. The van der Waals surface area contributed by atoms with Gasteiger partial charge in [-0.3, -0.25) is 4.79 Å². The van der Waals surface area contributed by atoms with Crippen LogP contribution in [0.2, 0.25) is 0 Å². The number of benzene rings is 3. The van der Waals surface area contributed by atoms with Gasteiger partial charge in [-0.05, 0) is 90.6 Å². The molecule has 0 unspecified atom stereocenters. The summed E-state index contributed by atoms with van der Waals surface area (Å²) in [5.74, 6) is -1.31. The highest BCUT2D eigenvalue weighted by Crippen LogP contribution is 2.29. The number of hydrogen-bond acceptors (Lipinski definition) is 6. The summed E-state index contributed by atoms with van der Waals surface area (Å²) in [5.41, 5.74) is 7.29. The van der Waals surface area contributed by atoms with Crippen molar-refractivity contribution in [2.75, 3.05) is 0 Å². The molecule has 0 aliphatic rings. The second-order valence-electron chi connectivity index (χ2n) is 9.43. The fraction of sp³-hybridized carbons (Fsp3) is 0.259. The molecule has 0 spiro atoms. The van der Waals surface area contributed by atoms with E-state index in [0.29, 0.717) is 11.4 Å². The fourth-order valence-electron chi connectivity index (χ4n) is 4.33. The minimum absolute atomic E-state index is 0.0483. The quantitative estimate of drug-likeness (QED) is 0.355. The van der Waals surface area contributed by atoms with Crippen molar-refractivity contribution in [1.29, 1.82) is 0 Å². The highest BCUT2D eigenvalue weighted by molar-refractivity contribution is 7.89. The molecule has 1 aromatic heterocycles. The lowest BCUT2D eigenvalue weighted by Crippen LogP contribution is -2.44. The highest BCUT2D eigenvalue weighted by atomic mass is 32.2. The molecule has 2 N–H and O–H groups in total. The summed E-state index contributed by atoms with van der Waals surface area (Å²) in [4.78, 5) is 12.8. The molecule has 1 atom stereocenters. The summed E-state index contributed by atoms with van der Waals surface area (Å²) in [6.07, 6.45) is 0. The van der Waals surface area contributed by atoms with Gasteiger partial charge in [0.05, 0.1) is 10.6 Å². The van der Waals surface area contributed by atoms with E-state index >= 15 is 0 Å². The largest absolute Gasteiger partial charge is 0.480 e. The Balaban J connectivity index is 1.54. The molecule has 0 bridgehead atoms. The van der Waals surface area contributed by atoms with Gasteiger partial charge in [-0.1, -0.05) is 43.7 Å². The van der Waals surface area contributed by atoms with Crippen molar-refractivity contribution in [3.8, 4) is 28.2 Å². The lowest BCUT2D eigenvalue weighted by atomic mass is 9.94. The highest BCUT2D eigenvalue weighted by Gasteiger charge is 2.28. The topological polar surface area (TPSA) is 127 Å². The van der Waals surface area contributed by atoms with Crippen LogP contribution in [-0.2, 0) is 14.8 Å². The van der Waals surface area contributed by atoms with Gasteiger partial charge >= 0.3 is 5.97 Å². The Bertz CT molecular complexity index is 1520. The van der Waals surface area contributed by atoms with Gasteiger partial charge < -0.3 is 5.11 Å². The van der Waals surface area contributed by atoms with E-state index in [1.54, 1.807) is 26.0 Å². The predicted molar refractivity (Wildman–Crippen MR) is 141 cm³/mol. The Morgan fingerprint density at radius 2 is 1.49 bits per heavy atom. The van der Waals surface area contributed by atoms with Crippen LogP contribution in [0.3, 0.4) is 0 Å². The molecular weight excluding hydrogens is 490 g/mol. The first kappa shape index (κ1) is 26.2. The number of sulfonamides is 1. The van der Waals surface area contributed by atoms with E-state index < -0.39 is 28.0 Å². The summed E-state index contributed by atoms with van der Waals surface area (Å²) in [6.45, 7) is 9.58. The van der Waals surface area contributed by atoms with Crippen LogP contribution in [-0.4, -0.2) is 45.7 Å². The van der Waals surface area contributed by atoms with E-state index in [1.807, 2.05) is 24.3 Å². The number of rotatable bonds is 8. The van der Waals surface area contributed by atoms with E-state index in [9.17, 15) is 18.3 Å². The van der Waals surface area contributed by atoms with E-state index in [1.165, 1.54) is 39.2 Å². The van der Waals surface area contributed by atoms with Crippen LogP contribution in [0.15, 0.2) is 65.6 Å². The third kappa shape index (κ3) is 5.60. The average molecular weight is 520 g/mol. The van der Waals surface area contributed by atoms with Crippen molar-refractivity contribution in [2.24, 2.45) is 5.92 Å². The monoisotopic (exact) mass is 519 g/mol. The van der Waals surface area contributed by atoms with Crippen molar-refractivity contribution < 1.29 is 18.3 Å². The van der Waals surface area contributed by atoms with Crippen molar-refractivity contribution in [1.82, 2.24) is 24.9 Å². The van der Waals surface area contributed by atoms with Crippen molar-refractivity contribution >= 4 is 16.0 Å². The lowest BCUT2D eigenvalue weighted by molar-refractivity contribution is -0.140. The zero-order valence-corrected chi connectivity index (χ0v) is 22.1. The molecule has 0 radical (unpaired) electrons. The number of aliphatic carboxylic acids is 1. The lowest BCUT2D eigenvalue weighted by Gasteiger charge is -2.18. The van der Waals surface area contributed by atoms with Crippen LogP contribution in [0.5, 0.6) is 0 Å². The van der Waals surface area contributed by atoms with Crippen molar-refractivity contribution in [2.45, 2.75) is 45.6 Å². The summed E-state index contributed by atoms with van der Waals surface area (Å²) in [7, 11) is -4.01. The molecule has 0 saturated heterocycles. The normalized spacial score (nSPS) is 12.6. The van der Waals surface area contributed by atoms with Gasteiger partial charge in [-0.15, -0.1) is 15.0 Å². The number of carbonyl (C=O) groups is 1. The molecule has 0 saturated carbocycles. The molecular formula is C27H29N5O4S. The van der Waals surface area contributed by atoms with Gasteiger partial charge in [0.2, 0.25) is 15.8 Å². The summed E-state index contributed by atoms with van der Waals surface area (Å²) in [5, 5.41) is 22.0. The minimum Gasteiger partial charge on any atom is -0.480 e. The van der Waals surface area contributed by atoms with Crippen LogP contribution < -0.4 is 4.72 Å². The average Bonchev–Trinajstić information content (AvgIpc) is 3.32. The number of nitrogens with zero attached hydrogens (tertiary/aromatic N) is 4. The first-order valence-corrected chi connectivity index (χ1v) is 13.3. The Morgan fingerprint density at radius 3 is 2.03 bits per heavy atom. The number of tetrazole rings is 1. The molecule has 37 heavy (non-hydrogen) atoms. The fourth-order valence-corrected chi connectivity index (χ4v) is 5.66. The third-order valence-electron chi connectivity index (χ3n) is 6.12. The second kappa shape index (κ2) is 10.2. The standard InChI is InChI=1S/C27H29N5O4S/c1-16(2)25(27(33)34)30-37(35,36)23-12-8-21(9-13-23)26-28-31-32(29-26)22-10-6-20(7-11-22)24-18(4)14-17(3)15-19(24)5/h6-16,25,30H,1-5H3,(H,33,34)/t25-/m1/s1. The first-order chi connectivity index (χ1) is 17.5. The molecule has 4 aromatic rings.